The molecule has 3 nitrogen and oxygen atoms in total. The first-order valence-electron chi connectivity index (χ1n) is 11.6. The van der Waals surface area contributed by atoms with Crippen LogP contribution in [0.5, 0.6) is 0 Å². The Labute approximate surface area is 187 Å². The van der Waals surface area contributed by atoms with Crippen molar-refractivity contribution < 1.29 is 13.9 Å². The van der Waals surface area contributed by atoms with Crippen molar-refractivity contribution in [3.63, 3.8) is 0 Å². The molecule has 2 unspecified atom stereocenters. The topological polar surface area (TPSA) is 26.7 Å². The molecular weight excluding hydrogens is 394 g/mol. The average Bonchev–Trinajstić information content (AvgIpc) is 2.83. The Morgan fingerprint density at radius 3 is 1.97 bits per heavy atom. The van der Waals surface area contributed by atoms with Gasteiger partial charge in [-0.05, 0) is 30.0 Å². The van der Waals surface area contributed by atoms with Crippen LogP contribution in [0.2, 0.25) is 0 Å². The van der Waals surface area contributed by atoms with Crippen LogP contribution in [0, 0.1) is 11.6 Å². The van der Waals surface area contributed by atoms with E-state index in [0.29, 0.717) is 38.3 Å². The molecule has 1 aliphatic rings. The largest absolute Gasteiger partial charge is 0.378 e. The van der Waals surface area contributed by atoms with E-state index in [-0.39, 0.29) is 5.92 Å². The van der Waals surface area contributed by atoms with Crippen LogP contribution in [0.15, 0.2) is 48.5 Å². The summed E-state index contributed by atoms with van der Waals surface area (Å²) in [6, 6.07) is 14.2. The zero-order valence-electron chi connectivity index (χ0n) is 19.8. The molecule has 1 saturated heterocycles. The number of unbranched alkanes of at least 4 members (excludes halogenated alkanes) is 1. The molecule has 3 rings (SSSR count). The molecule has 1 heterocycles. The fourth-order valence-corrected chi connectivity index (χ4v) is 3.34. The van der Waals surface area contributed by atoms with Gasteiger partial charge in [0.1, 0.15) is 6.23 Å². The van der Waals surface area contributed by atoms with Crippen LogP contribution in [-0.2, 0) is 0 Å². The molecule has 0 aromatic heterocycles. The quantitative estimate of drug-likeness (QED) is 0.567. The Hall–Kier alpha value is -1.98. The summed E-state index contributed by atoms with van der Waals surface area (Å²) >= 11 is 0. The van der Waals surface area contributed by atoms with Gasteiger partial charge < -0.3 is 10.0 Å². The van der Waals surface area contributed by atoms with E-state index in [9.17, 15) is 13.9 Å². The summed E-state index contributed by atoms with van der Waals surface area (Å²) in [7, 11) is 0. The van der Waals surface area contributed by atoms with Crippen molar-refractivity contribution in [1.29, 1.82) is 0 Å². The van der Waals surface area contributed by atoms with E-state index in [1.807, 2.05) is 36.9 Å². The highest BCUT2D eigenvalue weighted by Crippen LogP contribution is 2.24. The molecule has 1 aliphatic heterocycles. The maximum atomic E-state index is 13.4. The minimum Gasteiger partial charge on any atom is -0.378 e. The average molecular weight is 435 g/mol. The first-order chi connectivity index (χ1) is 15.0. The van der Waals surface area contributed by atoms with Gasteiger partial charge >= 0.3 is 0 Å². The van der Waals surface area contributed by atoms with E-state index in [4.69, 9.17) is 0 Å². The lowest BCUT2D eigenvalue weighted by Gasteiger charge is -2.39. The van der Waals surface area contributed by atoms with E-state index in [2.05, 4.69) is 37.8 Å². The van der Waals surface area contributed by atoms with Crippen molar-refractivity contribution in [2.75, 3.05) is 31.1 Å². The van der Waals surface area contributed by atoms with Gasteiger partial charge in [0.2, 0.25) is 0 Å². The molecule has 31 heavy (non-hydrogen) atoms. The van der Waals surface area contributed by atoms with Crippen molar-refractivity contribution in [2.24, 2.45) is 0 Å². The molecular formula is C26H40F2N2O. The predicted octanol–water partition coefficient (Wildman–Crippen LogP) is 6.43. The van der Waals surface area contributed by atoms with Crippen molar-refractivity contribution in [1.82, 2.24) is 4.90 Å². The molecule has 2 atom stereocenters. The van der Waals surface area contributed by atoms with E-state index < -0.39 is 17.9 Å². The molecule has 0 saturated carbocycles. The molecule has 1 N–H and O–H groups in total. The van der Waals surface area contributed by atoms with Crippen molar-refractivity contribution in [2.45, 2.75) is 66.0 Å². The van der Waals surface area contributed by atoms with Crippen molar-refractivity contribution in [3.8, 4) is 0 Å². The first kappa shape index (κ1) is 27.1. The second-order valence-electron chi connectivity index (χ2n) is 7.65. The van der Waals surface area contributed by atoms with E-state index in [1.54, 1.807) is 6.07 Å². The lowest BCUT2D eigenvalue weighted by Crippen LogP contribution is -2.50. The summed E-state index contributed by atoms with van der Waals surface area (Å²) in [6.45, 7) is 13.2. The van der Waals surface area contributed by atoms with Gasteiger partial charge in [-0.15, -0.1) is 0 Å². The van der Waals surface area contributed by atoms with Gasteiger partial charge in [-0.25, -0.2) is 8.78 Å². The minimum absolute atomic E-state index is 0.278. The lowest BCUT2D eigenvalue weighted by molar-refractivity contribution is -0.00931. The summed E-state index contributed by atoms with van der Waals surface area (Å²) in [5.41, 5.74) is 1.91. The Morgan fingerprint density at radius 1 is 0.871 bits per heavy atom. The number of rotatable bonds is 6. The monoisotopic (exact) mass is 434 g/mol. The maximum absolute atomic E-state index is 13.4. The number of nitrogens with zero attached hydrogens (tertiary/aromatic N) is 2. The third kappa shape index (κ3) is 8.96. The smallest absolute Gasteiger partial charge is 0.160 e. The van der Waals surface area contributed by atoms with Gasteiger partial charge in [-0.2, -0.15) is 0 Å². The number of benzene rings is 2. The molecule has 0 radical (unpaired) electrons. The molecule has 2 aromatic carbocycles. The molecule has 1 fully saturated rings. The van der Waals surface area contributed by atoms with Gasteiger partial charge in [0.05, 0.1) is 0 Å². The first-order valence-corrected chi connectivity index (χ1v) is 11.6. The van der Waals surface area contributed by atoms with Crippen LogP contribution in [0.3, 0.4) is 0 Å². The minimum atomic E-state index is -0.826. The van der Waals surface area contributed by atoms with Gasteiger partial charge in [-0.3, -0.25) is 4.90 Å². The summed E-state index contributed by atoms with van der Waals surface area (Å²) < 4.78 is 26.5. The number of aliphatic hydroxyl groups excluding tert-OH is 1. The molecule has 0 aliphatic carbocycles. The summed E-state index contributed by atoms with van der Waals surface area (Å²) in [6.07, 6.45) is 2.82. The summed E-state index contributed by atoms with van der Waals surface area (Å²) in [5.74, 6) is -1.37. The highest BCUT2D eigenvalue weighted by molar-refractivity contribution is 5.47. The van der Waals surface area contributed by atoms with Crippen LogP contribution in [-0.4, -0.2) is 42.4 Å². The lowest BCUT2D eigenvalue weighted by atomic mass is 9.96. The molecule has 2 aromatic rings. The van der Waals surface area contributed by atoms with E-state index in [1.165, 1.54) is 24.5 Å². The third-order valence-electron chi connectivity index (χ3n) is 5.44. The number of aliphatic hydroxyl groups is 1. The van der Waals surface area contributed by atoms with E-state index >= 15 is 0 Å². The fraction of sp³-hybridized carbons (Fsp3) is 0.538. The predicted molar refractivity (Wildman–Crippen MR) is 128 cm³/mol. The summed E-state index contributed by atoms with van der Waals surface area (Å²) in [5, 5.41) is 10.5. The van der Waals surface area contributed by atoms with Gasteiger partial charge in [0, 0.05) is 37.9 Å². The van der Waals surface area contributed by atoms with Gasteiger partial charge in [-0.1, -0.05) is 77.8 Å². The maximum Gasteiger partial charge on any atom is 0.160 e. The van der Waals surface area contributed by atoms with Gasteiger partial charge in [0.25, 0.3) is 0 Å². The Morgan fingerprint density at radius 2 is 1.45 bits per heavy atom. The molecule has 5 heteroatoms. The van der Waals surface area contributed by atoms with Crippen molar-refractivity contribution >= 4 is 5.69 Å². The third-order valence-corrected chi connectivity index (χ3v) is 5.44. The SMILES string of the molecule is CC.CC(CC(O)N1CCN(c2ccc(F)c(F)c2)CC1)c1ccccc1.CCCC. The Bertz CT molecular complexity index is 717. The summed E-state index contributed by atoms with van der Waals surface area (Å²) in [4.78, 5) is 4.07. The standard InChI is InChI=1S/C20H24F2N2O.C4H10.C2H6/c1-15(16-5-3-2-4-6-16)13-20(25)24-11-9-23(10-12-24)17-7-8-18(21)19(22)14-17;1-3-4-2;1-2/h2-8,14-15,20,25H,9-13H2,1H3;3-4H2,1-2H3;1-2H3. The zero-order chi connectivity index (χ0) is 23.2. The zero-order valence-corrected chi connectivity index (χ0v) is 19.8. The van der Waals surface area contributed by atoms with Crippen LogP contribution in [0.25, 0.3) is 0 Å². The highest BCUT2D eigenvalue weighted by atomic mass is 19.2. The second-order valence-corrected chi connectivity index (χ2v) is 7.65. The van der Waals surface area contributed by atoms with Crippen LogP contribution in [0.1, 0.15) is 65.4 Å². The molecule has 0 amide bonds. The van der Waals surface area contributed by atoms with Crippen molar-refractivity contribution in [3.05, 3.63) is 65.7 Å². The number of anilines is 1. The number of halogens is 2. The molecule has 174 valence electrons. The van der Waals surface area contributed by atoms with Crippen LogP contribution >= 0.6 is 0 Å². The fourth-order valence-electron chi connectivity index (χ4n) is 3.34. The second kappa shape index (κ2) is 14.9. The number of piperazine rings is 1. The number of hydrogen-bond acceptors (Lipinski definition) is 3. The molecule has 0 spiro atoms. The Kier molecular flexibility index (Phi) is 13.0. The molecule has 0 bridgehead atoms. The van der Waals surface area contributed by atoms with Gasteiger partial charge in [0.15, 0.2) is 11.6 Å². The Balaban J connectivity index is 0.000000720. The van der Waals surface area contributed by atoms with Crippen LogP contribution < -0.4 is 4.90 Å². The highest BCUT2D eigenvalue weighted by Gasteiger charge is 2.24. The van der Waals surface area contributed by atoms with Crippen LogP contribution in [0.4, 0.5) is 14.5 Å². The van der Waals surface area contributed by atoms with E-state index in [0.717, 1.165) is 6.07 Å². The number of hydrogen-bond donors (Lipinski definition) is 1. The normalized spacial score (nSPS) is 15.8.